The number of carboxylic acids is 1. The van der Waals surface area contributed by atoms with Crippen molar-refractivity contribution in [3.05, 3.63) is 28.8 Å². The first-order valence-electron chi connectivity index (χ1n) is 3.89. The molecule has 0 saturated carbocycles. The lowest BCUT2D eigenvalue weighted by molar-refractivity contribution is 0.0697. The Kier molecular flexibility index (Phi) is 3.93. The number of nitrogens with one attached hydrogen (secondary N) is 1. The minimum atomic E-state index is -2.52. The highest BCUT2D eigenvalue weighted by Gasteiger charge is 2.08. The van der Waals surface area contributed by atoms with Crippen LogP contribution in [0.2, 0.25) is 5.02 Å². The number of anilines is 1. The summed E-state index contributed by atoms with van der Waals surface area (Å²) in [5.74, 6) is -1.33. The zero-order chi connectivity index (χ0) is 11.4. The average molecular weight is 250 g/mol. The topological polar surface area (TPSA) is 83.5 Å². The van der Waals surface area contributed by atoms with Gasteiger partial charge in [-0.25, -0.2) is 13.2 Å². The van der Waals surface area contributed by atoms with E-state index in [1.165, 1.54) is 18.2 Å². The van der Waals surface area contributed by atoms with Gasteiger partial charge in [-0.2, -0.15) is 0 Å². The van der Waals surface area contributed by atoms with Crippen LogP contribution in [-0.2, 0) is 10.7 Å². The SMILES string of the molecule is O=C(O)c1ccc(NC[SH](=O)=O)cc1Cl. The Balaban J connectivity index is 2.86. The molecular formula is C8H8ClNO4S. The van der Waals surface area contributed by atoms with Crippen LogP contribution in [0.3, 0.4) is 0 Å². The van der Waals surface area contributed by atoms with Gasteiger partial charge in [-0.1, -0.05) is 11.6 Å². The van der Waals surface area contributed by atoms with E-state index in [1.807, 2.05) is 0 Å². The minimum absolute atomic E-state index is 0.0197. The van der Waals surface area contributed by atoms with Crippen LogP contribution in [0.25, 0.3) is 0 Å². The zero-order valence-corrected chi connectivity index (χ0v) is 9.09. The summed E-state index contributed by atoms with van der Waals surface area (Å²) < 4.78 is 20.6. The Bertz CT molecular complexity index is 450. The lowest BCUT2D eigenvalue weighted by Gasteiger charge is -2.04. The van der Waals surface area contributed by atoms with E-state index < -0.39 is 16.7 Å². The quantitative estimate of drug-likeness (QED) is 0.694. The summed E-state index contributed by atoms with van der Waals surface area (Å²) in [6.45, 7) is 0. The van der Waals surface area contributed by atoms with E-state index in [0.717, 1.165) is 0 Å². The van der Waals surface area contributed by atoms with Crippen molar-refractivity contribution in [1.29, 1.82) is 0 Å². The first-order valence-corrected chi connectivity index (χ1v) is 5.63. The van der Waals surface area contributed by atoms with Crippen LogP contribution in [0.15, 0.2) is 18.2 Å². The number of carboxylic acid groups (broad SMARTS) is 1. The summed E-state index contributed by atoms with van der Waals surface area (Å²) in [6.07, 6.45) is 0. The van der Waals surface area contributed by atoms with Gasteiger partial charge in [0.1, 0.15) is 5.88 Å². The number of hydrogen-bond acceptors (Lipinski definition) is 4. The van der Waals surface area contributed by atoms with E-state index >= 15 is 0 Å². The maximum Gasteiger partial charge on any atom is 0.337 e. The van der Waals surface area contributed by atoms with Crippen molar-refractivity contribution >= 4 is 34.0 Å². The molecule has 0 aromatic heterocycles. The molecule has 5 nitrogen and oxygen atoms in total. The average Bonchev–Trinajstić information content (AvgIpc) is 2.14. The van der Waals surface area contributed by atoms with Gasteiger partial charge < -0.3 is 10.4 Å². The molecule has 2 N–H and O–H groups in total. The van der Waals surface area contributed by atoms with E-state index in [9.17, 15) is 13.2 Å². The number of aromatic carboxylic acids is 1. The molecule has 0 bridgehead atoms. The lowest BCUT2D eigenvalue weighted by Crippen LogP contribution is -2.04. The van der Waals surface area contributed by atoms with Gasteiger partial charge >= 0.3 is 5.97 Å². The maximum atomic E-state index is 10.6. The highest BCUT2D eigenvalue weighted by molar-refractivity contribution is 7.72. The molecule has 0 amide bonds. The summed E-state index contributed by atoms with van der Waals surface area (Å²) in [6, 6.07) is 4.13. The fourth-order valence-electron chi connectivity index (χ4n) is 0.954. The largest absolute Gasteiger partial charge is 0.478 e. The van der Waals surface area contributed by atoms with Gasteiger partial charge in [-0.15, -0.1) is 0 Å². The summed E-state index contributed by atoms with van der Waals surface area (Å²) in [5, 5.41) is 11.3. The smallest absolute Gasteiger partial charge is 0.337 e. The highest BCUT2D eigenvalue weighted by atomic mass is 35.5. The number of halogens is 1. The van der Waals surface area contributed by atoms with Crippen LogP contribution >= 0.6 is 11.6 Å². The third-order valence-corrected chi connectivity index (χ3v) is 2.34. The van der Waals surface area contributed by atoms with Gasteiger partial charge in [0, 0.05) is 5.69 Å². The molecular weight excluding hydrogens is 242 g/mol. The molecule has 1 aromatic rings. The van der Waals surface area contributed by atoms with Crippen molar-refractivity contribution in [3.8, 4) is 0 Å². The number of thiol groups is 1. The normalized spacial score (nSPS) is 10.3. The summed E-state index contributed by atoms with van der Waals surface area (Å²) >= 11 is 5.67. The van der Waals surface area contributed by atoms with Crippen LogP contribution in [0.5, 0.6) is 0 Å². The van der Waals surface area contributed by atoms with Crippen molar-refractivity contribution in [1.82, 2.24) is 0 Å². The van der Waals surface area contributed by atoms with Crippen LogP contribution < -0.4 is 5.32 Å². The van der Waals surface area contributed by atoms with Crippen molar-refractivity contribution in [2.45, 2.75) is 0 Å². The molecule has 0 saturated heterocycles. The number of carbonyl (C=O) groups is 1. The molecule has 0 aliphatic rings. The molecule has 0 unspecified atom stereocenters. The monoisotopic (exact) mass is 249 g/mol. The first-order chi connectivity index (χ1) is 7.00. The summed E-state index contributed by atoms with van der Waals surface area (Å²) in [5.41, 5.74) is 0.443. The Morgan fingerprint density at radius 1 is 1.47 bits per heavy atom. The molecule has 82 valence electrons. The molecule has 7 heteroatoms. The highest BCUT2D eigenvalue weighted by Crippen LogP contribution is 2.20. The third kappa shape index (κ3) is 3.41. The molecule has 15 heavy (non-hydrogen) atoms. The van der Waals surface area contributed by atoms with E-state index in [0.29, 0.717) is 5.69 Å². The van der Waals surface area contributed by atoms with E-state index in [4.69, 9.17) is 16.7 Å². The van der Waals surface area contributed by atoms with Gasteiger partial charge in [-0.3, -0.25) is 0 Å². The van der Waals surface area contributed by atoms with Crippen LogP contribution in [0.1, 0.15) is 10.4 Å². The first kappa shape index (κ1) is 11.8. The molecule has 0 aliphatic heterocycles. The van der Waals surface area contributed by atoms with E-state index in [-0.39, 0.29) is 16.5 Å². The van der Waals surface area contributed by atoms with Crippen molar-refractivity contribution in [2.75, 3.05) is 11.2 Å². The van der Waals surface area contributed by atoms with Gasteiger partial charge in [0.15, 0.2) is 10.7 Å². The Labute approximate surface area is 92.6 Å². The van der Waals surface area contributed by atoms with Gasteiger partial charge in [0.05, 0.1) is 10.6 Å². The molecule has 0 fully saturated rings. The molecule has 1 rings (SSSR count). The fraction of sp³-hybridized carbons (Fsp3) is 0.125. The minimum Gasteiger partial charge on any atom is -0.478 e. The van der Waals surface area contributed by atoms with Crippen molar-refractivity contribution in [2.24, 2.45) is 0 Å². The van der Waals surface area contributed by atoms with Gasteiger partial charge in [0.25, 0.3) is 0 Å². The van der Waals surface area contributed by atoms with Crippen LogP contribution in [0, 0.1) is 0 Å². The molecule has 1 aromatic carbocycles. The van der Waals surface area contributed by atoms with E-state index in [2.05, 4.69) is 5.32 Å². The summed E-state index contributed by atoms with van der Waals surface area (Å²) in [7, 11) is -2.52. The Hall–Kier alpha value is -1.27. The maximum absolute atomic E-state index is 10.6. The predicted molar refractivity (Wildman–Crippen MR) is 57.2 cm³/mol. The summed E-state index contributed by atoms with van der Waals surface area (Å²) in [4.78, 5) is 10.6. The Morgan fingerprint density at radius 3 is 2.60 bits per heavy atom. The lowest BCUT2D eigenvalue weighted by atomic mass is 10.2. The van der Waals surface area contributed by atoms with Crippen molar-refractivity contribution in [3.63, 3.8) is 0 Å². The third-order valence-electron chi connectivity index (χ3n) is 1.61. The van der Waals surface area contributed by atoms with Crippen LogP contribution in [0.4, 0.5) is 5.69 Å². The fourth-order valence-corrected chi connectivity index (χ4v) is 1.53. The van der Waals surface area contributed by atoms with Crippen molar-refractivity contribution < 1.29 is 18.3 Å². The van der Waals surface area contributed by atoms with Crippen LogP contribution in [-0.4, -0.2) is 25.4 Å². The molecule has 0 radical (unpaired) electrons. The second-order valence-corrected chi connectivity index (χ2v) is 4.06. The number of hydrogen-bond donors (Lipinski definition) is 3. The number of benzene rings is 1. The van der Waals surface area contributed by atoms with Gasteiger partial charge in [0.2, 0.25) is 0 Å². The Morgan fingerprint density at radius 2 is 2.13 bits per heavy atom. The molecule has 0 heterocycles. The molecule has 0 aliphatic carbocycles. The standard InChI is InChI=1S/C8H8ClNO4S/c9-7-3-5(10-4-15(13)14)1-2-6(7)8(11)12/h1-3,10,15H,4H2,(H,11,12). The molecule has 0 spiro atoms. The zero-order valence-electron chi connectivity index (χ0n) is 7.44. The molecule has 0 atom stereocenters. The predicted octanol–water partition coefficient (Wildman–Crippen LogP) is 1.02. The second kappa shape index (κ2) is 4.99. The van der Waals surface area contributed by atoms with E-state index in [1.54, 1.807) is 0 Å². The second-order valence-electron chi connectivity index (χ2n) is 2.67. The van der Waals surface area contributed by atoms with Gasteiger partial charge in [-0.05, 0) is 18.2 Å². The number of rotatable bonds is 4.